The molecule has 5 heteroatoms. The molecule has 0 aliphatic carbocycles. The third-order valence-electron chi connectivity index (χ3n) is 3.27. The van der Waals surface area contributed by atoms with Gasteiger partial charge >= 0.3 is 0 Å². The number of hydrogen-bond donors (Lipinski definition) is 0. The van der Waals surface area contributed by atoms with E-state index in [2.05, 4.69) is 0 Å². The van der Waals surface area contributed by atoms with E-state index in [4.69, 9.17) is 0 Å². The van der Waals surface area contributed by atoms with Crippen molar-refractivity contribution in [1.29, 1.82) is 0 Å². The molecular weight excluding hydrogens is 268 g/mol. The van der Waals surface area contributed by atoms with Crippen LogP contribution in [-0.4, -0.2) is 17.9 Å². The Morgan fingerprint density at radius 3 is 2.43 bits per heavy atom. The van der Waals surface area contributed by atoms with Crippen LogP contribution in [0.2, 0.25) is 0 Å². The summed E-state index contributed by atoms with van der Waals surface area (Å²) in [4.78, 5) is 24.0. The third-order valence-corrected chi connectivity index (χ3v) is 3.27. The highest BCUT2D eigenvalue weighted by Crippen LogP contribution is 2.17. The van der Waals surface area contributed by atoms with Crippen LogP contribution in [0.4, 0.5) is 11.4 Å². The first-order valence-corrected chi connectivity index (χ1v) is 6.54. The van der Waals surface area contributed by atoms with Crippen LogP contribution >= 0.6 is 0 Å². The average molecular weight is 284 g/mol. The van der Waals surface area contributed by atoms with Gasteiger partial charge in [0.2, 0.25) is 5.91 Å². The first-order chi connectivity index (χ1) is 9.97. The number of likely N-dealkylation sites (N-methyl/N-ethyl adjacent to an activating group) is 1. The van der Waals surface area contributed by atoms with Crippen molar-refractivity contribution in [1.82, 2.24) is 0 Å². The highest BCUT2D eigenvalue weighted by Gasteiger charge is 2.12. The number of hydrogen-bond acceptors (Lipinski definition) is 3. The molecule has 0 spiro atoms. The van der Waals surface area contributed by atoms with E-state index in [9.17, 15) is 14.9 Å². The van der Waals surface area contributed by atoms with Crippen LogP contribution in [0.1, 0.15) is 11.1 Å². The second-order valence-electron chi connectivity index (χ2n) is 4.89. The molecular formula is C16H16N2O3. The summed E-state index contributed by atoms with van der Waals surface area (Å²) in [5.41, 5.74) is 2.70. The summed E-state index contributed by atoms with van der Waals surface area (Å²) >= 11 is 0. The first kappa shape index (κ1) is 14.7. The summed E-state index contributed by atoms with van der Waals surface area (Å²) in [6.45, 7) is 1.97. The molecule has 5 nitrogen and oxygen atoms in total. The summed E-state index contributed by atoms with van der Waals surface area (Å²) in [5, 5.41) is 10.6. The van der Waals surface area contributed by atoms with E-state index in [1.807, 2.05) is 31.2 Å². The molecule has 0 radical (unpaired) electrons. The van der Waals surface area contributed by atoms with Crippen LogP contribution in [0, 0.1) is 17.0 Å². The second-order valence-corrected chi connectivity index (χ2v) is 4.89. The molecule has 0 saturated heterocycles. The lowest BCUT2D eigenvalue weighted by molar-refractivity contribution is -0.384. The Morgan fingerprint density at radius 1 is 1.19 bits per heavy atom. The van der Waals surface area contributed by atoms with Gasteiger partial charge in [0.15, 0.2) is 0 Å². The predicted molar refractivity (Wildman–Crippen MR) is 81.4 cm³/mol. The van der Waals surface area contributed by atoms with Crippen molar-refractivity contribution in [2.45, 2.75) is 13.3 Å². The quantitative estimate of drug-likeness (QED) is 0.640. The largest absolute Gasteiger partial charge is 0.315 e. The van der Waals surface area contributed by atoms with Crippen molar-refractivity contribution in [3.63, 3.8) is 0 Å². The van der Waals surface area contributed by atoms with Gasteiger partial charge in [0.1, 0.15) is 0 Å². The summed E-state index contributed by atoms with van der Waals surface area (Å²) in [6, 6.07) is 13.7. The van der Waals surface area contributed by atoms with Gasteiger partial charge in [0.05, 0.1) is 11.3 Å². The number of nitro benzene ring substituents is 1. The van der Waals surface area contributed by atoms with Crippen molar-refractivity contribution in [2.24, 2.45) is 0 Å². The number of carbonyl (C=O) groups excluding carboxylic acids is 1. The van der Waals surface area contributed by atoms with Gasteiger partial charge in [0.25, 0.3) is 5.69 Å². The zero-order chi connectivity index (χ0) is 15.4. The Balaban J connectivity index is 2.08. The van der Waals surface area contributed by atoms with Crippen molar-refractivity contribution in [3.05, 3.63) is 69.8 Å². The van der Waals surface area contributed by atoms with Crippen LogP contribution in [0.25, 0.3) is 0 Å². The van der Waals surface area contributed by atoms with E-state index in [-0.39, 0.29) is 18.0 Å². The fraction of sp³-hybridized carbons (Fsp3) is 0.188. The number of carbonyl (C=O) groups is 1. The number of amides is 1. The number of aryl methyl sites for hydroxylation is 1. The van der Waals surface area contributed by atoms with E-state index in [0.717, 1.165) is 16.8 Å². The highest BCUT2D eigenvalue weighted by molar-refractivity contribution is 5.94. The van der Waals surface area contributed by atoms with Gasteiger partial charge in [-0.05, 0) is 30.2 Å². The van der Waals surface area contributed by atoms with Crippen molar-refractivity contribution >= 4 is 17.3 Å². The van der Waals surface area contributed by atoms with Gasteiger partial charge in [-0.3, -0.25) is 14.9 Å². The van der Waals surface area contributed by atoms with Gasteiger partial charge in [-0.25, -0.2) is 0 Å². The summed E-state index contributed by atoms with van der Waals surface area (Å²) in [6.07, 6.45) is 0.211. The Hall–Kier alpha value is -2.69. The van der Waals surface area contributed by atoms with E-state index in [1.54, 1.807) is 24.1 Å². The monoisotopic (exact) mass is 284 g/mol. The Morgan fingerprint density at radius 2 is 1.86 bits per heavy atom. The molecule has 0 N–H and O–H groups in total. The van der Waals surface area contributed by atoms with Crippen molar-refractivity contribution < 1.29 is 9.72 Å². The minimum atomic E-state index is -0.454. The number of nitro groups is 1. The Kier molecular flexibility index (Phi) is 4.33. The molecule has 2 aromatic carbocycles. The SMILES string of the molecule is Cc1cccc(N(C)C(=O)Cc2ccc([N+](=O)[O-])cc2)c1. The maximum atomic E-state index is 12.2. The molecule has 108 valence electrons. The van der Waals surface area contributed by atoms with Crippen molar-refractivity contribution in [2.75, 3.05) is 11.9 Å². The van der Waals surface area contributed by atoms with Gasteiger partial charge in [-0.15, -0.1) is 0 Å². The zero-order valence-corrected chi connectivity index (χ0v) is 11.9. The van der Waals surface area contributed by atoms with E-state index in [1.165, 1.54) is 12.1 Å². The summed E-state index contributed by atoms with van der Waals surface area (Å²) < 4.78 is 0. The maximum absolute atomic E-state index is 12.2. The fourth-order valence-corrected chi connectivity index (χ4v) is 2.01. The molecule has 0 fully saturated rings. The second kappa shape index (κ2) is 6.17. The molecule has 0 saturated carbocycles. The fourth-order valence-electron chi connectivity index (χ4n) is 2.01. The van der Waals surface area contributed by atoms with Crippen LogP contribution in [0.15, 0.2) is 48.5 Å². The van der Waals surface area contributed by atoms with Crippen LogP contribution < -0.4 is 4.90 Å². The molecule has 2 rings (SSSR count). The molecule has 2 aromatic rings. The zero-order valence-electron chi connectivity index (χ0n) is 11.9. The minimum Gasteiger partial charge on any atom is -0.315 e. The maximum Gasteiger partial charge on any atom is 0.269 e. The van der Waals surface area contributed by atoms with Gasteiger partial charge in [-0.2, -0.15) is 0 Å². The van der Waals surface area contributed by atoms with Gasteiger partial charge < -0.3 is 4.90 Å². The molecule has 21 heavy (non-hydrogen) atoms. The van der Waals surface area contributed by atoms with Crippen molar-refractivity contribution in [3.8, 4) is 0 Å². The van der Waals surface area contributed by atoms with Crippen LogP contribution in [0.3, 0.4) is 0 Å². The summed E-state index contributed by atoms with van der Waals surface area (Å²) in [5.74, 6) is -0.0607. The van der Waals surface area contributed by atoms with Gasteiger partial charge in [-0.1, -0.05) is 24.3 Å². The standard InChI is InChI=1S/C16H16N2O3/c1-12-4-3-5-15(10-12)17(2)16(19)11-13-6-8-14(9-7-13)18(20)21/h3-10H,11H2,1-2H3. The van der Waals surface area contributed by atoms with E-state index >= 15 is 0 Å². The molecule has 0 atom stereocenters. The third kappa shape index (κ3) is 3.66. The highest BCUT2D eigenvalue weighted by atomic mass is 16.6. The lowest BCUT2D eigenvalue weighted by Gasteiger charge is -2.17. The smallest absolute Gasteiger partial charge is 0.269 e. The molecule has 1 amide bonds. The van der Waals surface area contributed by atoms with E-state index < -0.39 is 4.92 Å². The molecule has 0 heterocycles. The number of benzene rings is 2. The predicted octanol–water partition coefficient (Wildman–Crippen LogP) is 3.11. The van der Waals surface area contributed by atoms with E-state index in [0.29, 0.717) is 0 Å². The topological polar surface area (TPSA) is 63.5 Å². The number of nitrogens with zero attached hydrogens (tertiary/aromatic N) is 2. The number of anilines is 1. The minimum absolute atomic E-state index is 0.0261. The first-order valence-electron chi connectivity index (χ1n) is 6.54. The molecule has 0 aliphatic rings. The van der Waals surface area contributed by atoms with Crippen LogP contribution in [-0.2, 0) is 11.2 Å². The molecule has 0 aromatic heterocycles. The number of rotatable bonds is 4. The Bertz CT molecular complexity index is 665. The molecule has 0 unspecified atom stereocenters. The summed E-state index contributed by atoms with van der Waals surface area (Å²) in [7, 11) is 1.72. The Labute approximate surface area is 123 Å². The van der Waals surface area contributed by atoms with Gasteiger partial charge in [0, 0.05) is 24.9 Å². The number of non-ortho nitro benzene ring substituents is 1. The molecule has 0 aliphatic heterocycles. The lowest BCUT2D eigenvalue weighted by Crippen LogP contribution is -2.27. The normalized spacial score (nSPS) is 10.2. The average Bonchev–Trinajstić information content (AvgIpc) is 2.47. The lowest BCUT2D eigenvalue weighted by atomic mass is 10.1. The van der Waals surface area contributed by atoms with Crippen LogP contribution in [0.5, 0.6) is 0 Å². The molecule has 0 bridgehead atoms.